The first kappa shape index (κ1) is 13.7. The van der Waals surface area contributed by atoms with Gasteiger partial charge in [-0.25, -0.2) is 0 Å². The van der Waals surface area contributed by atoms with E-state index in [0.29, 0.717) is 5.56 Å². The lowest BCUT2D eigenvalue weighted by molar-refractivity contribution is -0.131. The maximum Gasteiger partial charge on any atom is 0.251 e. The van der Waals surface area contributed by atoms with Crippen molar-refractivity contribution >= 4 is 22.7 Å². The van der Waals surface area contributed by atoms with Crippen molar-refractivity contribution in [3.63, 3.8) is 0 Å². The summed E-state index contributed by atoms with van der Waals surface area (Å²) in [6.07, 6.45) is 3.94. The third kappa shape index (κ3) is 2.77. The standard InChI is InChI=1S/C16H19N3O2/c1-11(16(21)19-8-2-3-9-19)18-15(20)13-4-5-14-12(10-13)6-7-17-14/h4-7,10-11,17H,2-3,8-9H2,1H3,(H,18,20). The molecule has 1 aliphatic rings. The monoisotopic (exact) mass is 285 g/mol. The molecule has 3 rings (SSSR count). The Kier molecular flexibility index (Phi) is 3.64. The number of H-pyrrole nitrogens is 1. The molecule has 2 aromatic rings. The number of nitrogens with one attached hydrogen (secondary N) is 2. The molecule has 2 N–H and O–H groups in total. The van der Waals surface area contributed by atoms with Crippen molar-refractivity contribution in [2.24, 2.45) is 0 Å². The lowest BCUT2D eigenvalue weighted by atomic mass is 10.1. The quantitative estimate of drug-likeness (QED) is 0.904. The second-order valence-electron chi connectivity index (χ2n) is 5.51. The Hall–Kier alpha value is -2.30. The van der Waals surface area contributed by atoms with Crippen LogP contribution in [0.1, 0.15) is 30.1 Å². The highest BCUT2D eigenvalue weighted by atomic mass is 16.2. The summed E-state index contributed by atoms with van der Waals surface area (Å²) in [5.74, 6) is -0.207. The molecule has 0 bridgehead atoms. The number of benzene rings is 1. The minimum atomic E-state index is -0.488. The molecule has 1 aromatic carbocycles. The Bertz CT molecular complexity index is 671. The third-order valence-electron chi connectivity index (χ3n) is 3.95. The summed E-state index contributed by atoms with van der Waals surface area (Å²) in [5.41, 5.74) is 1.57. The number of nitrogens with zero attached hydrogens (tertiary/aromatic N) is 1. The summed E-state index contributed by atoms with van der Waals surface area (Å²) in [6, 6.07) is 6.90. The number of carbonyl (C=O) groups is 2. The van der Waals surface area contributed by atoms with Crippen LogP contribution < -0.4 is 5.32 Å². The number of hydrogen-bond acceptors (Lipinski definition) is 2. The van der Waals surface area contributed by atoms with E-state index in [9.17, 15) is 9.59 Å². The maximum absolute atomic E-state index is 12.2. The second-order valence-corrected chi connectivity index (χ2v) is 5.51. The van der Waals surface area contributed by atoms with Gasteiger partial charge in [0.05, 0.1) is 0 Å². The van der Waals surface area contributed by atoms with E-state index in [-0.39, 0.29) is 11.8 Å². The fourth-order valence-corrected chi connectivity index (χ4v) is 2.75. The zero-order valence-electron chi connectivity index (χ0n) is 12.1. The van der Waals surface area contributed by atoms with Gasteiger partial charge in [-0.05, 0) is 44.0 Å². The first-order valence-electron chi connectivity index (χ1n) is 7.32. The van der Waals surface area contributed by atoms with Crippen LogP contribution in [0.15, 0.2) is 30.5 Å². The zero-order chi connectivity index (χ0) is 14.8. The van der Waals surface area contributed by atoms with Crippen LogP contribution in [0.25, 0.3) is 10.9 Å². The number of rotatable bonds is 3. The van der Waals surface area contributed by atoms with Crippen LogP contribution in [0, 0.1) is 0 Å². The summed E-state index contributed by atoms with van der Waals surface area (Å²) in [5, 5.41) is 3.78. The van der Waals surface area contributed by atoms with Gasteiger partial charge in [0.25, 0.3) is 5.91 Å². The predicted octanol–water partition coefficient (Wildman–Crippen LogP) is 1.91. The van der Waals surface area contributed by atoms with Crippen LogP contribution in [-0.2, 0) is 4.79 Å². The number of aromatic nitrogens is 1. The van der Waals surface area contributed by atoms with Gasteiger partial charge in [-0.1, -0.05) is 0 Å². The maximum atomic E-state index is 12.2. The average Bonchev–Trinajstić information content (AvgIpc) is 3.16. The molecule has 2 heterocycles. The summed E-state index contributed by atoms with van der Waals surface area (Å²) in [7, 11) is 0. The largest absolute Gasteiger partial charge is 0.361 e. The van der Waals surface area contributed by atoms with E-state index in [0.717, 1.165) is 36.8 Å². The molecule has 0 spiro atoms. The van der Waals surface area contributed by atoms with Crippen molar-refractivity contribution in [3.8, 4) is 0 Å². The predicted molar refractivity (Wildman–Crippen MR) is 81.0 cm³/mol. The second kappa shape index (κ2) is 5.60. The minimum absolute atomic E-state index is 0.00331. The van der Waals surface area contributed by atoms with Crippen molar-refractivity contribution in [3.05, 3.63) is 36.0 Å². The molecule has 5 heteroatoms. The van der Waals surface area contributed by atoms with E-state index in [2.05, 4.69) is 10.3 Å². The lowest BCUT2D eigenvalue weighted by Gasteiger charge is -2.21. The van der Waals surface area contributed by atoms with E-state index in [1.54, 1.807) is 13.0 Å². The molecule has 1 atom stereocenters. The van der Waals surface area contributed by atoms with Crippen molar-refractivity contribution in [2.75, 3.05) is 13.1 Å². The van der Waals surface area contributed by atoms with Crippen LogP contribution in [0.3, 0.4) is 0 Å². The molecule has 1 saturated heterocycles. The van der Waals surface area contributed by atoms with Gasteiger partial charge < -0.3 is 15.2 Å². The number of aromatic amines is 1. The molecule has 110 valence electrons. The average molecular weight is 285 g/mol. The molecule has 1 aliphatic heterocycles. The van der Waals surface area contributed by atoms with Crippen LogP contribution in [-0.4, -0.2) is 40.8 Å². The van der Waals surface area contributed by atoms with Crippen LogP contribution in [0.5, 0.6) is 0 Å². The normalized spacial score (nSPS) is 16.1. The van der Waals surface area contributed by atoms with E-state index in [1.807, 2.05) is 29.3 Å². The van der Waals surface area contributed by atoms with E-state index in [4.69, 9.17) is 0 Å². The topological polar surface area (TPSA) is 65.2 Å². The fourth-order valence-electron chi connectivity index (χ4n) is 2.75. The first-order chi connectivity index (χ1) is 10.1. The number of likely N-dealkylation sites (tertiary alicyclic amines) is 1. The molecule has 2 amide bonds. The summed E-state index contributed by atoms with van der Waals surface area (Å²) in [4.78, 5) is 29.3. The van der Waals surface area contributed by atoms with Gasteiger partial charge in [0.15, 0.2) is 0 Å². The van der Waals surface area contributed by atoms with Gasteiger partial charge in [0, 0.05) is 35.8 Å². The van der Waals surface area contributed by atoms with Crippen LogP contribution in [0.2, 0.25) is 0 Å². The SMILES string of the molecule is CC(NC(=O)c1ccc2[nH]ccc2c1)C(=O)N1CCCC1. The first-order valence-corrected chi connectivity index (χ1v) is 7.32. The Morgan fingerprint density at radius 1 is 1.24 bits per heavy atom. The summed E-state index contributed by atoms with van der Waals surface area (Å²) < 4.78 is 0. The highest BCUT2D eigenvalue weighted by Crippen LogP contribution is 2.14. The molecule has 1 unspecified atom stereocenters. The number of carbonyl (C=O) groups excluding carboxylic acids is 2. The number of hydrogen-bond donors (Lipinski definition) is 2. The minimum Gasteiger partial charge on any atom is -0.361 e. The molecule has 0 radical (unpaired) electrons. The Labute approximate surface area is 123 Å². The van der Waals surface area contributed by atoms with Crippen molar-refractivity contribution in [1.82, 2.24) is 15.2 Å². The molecular formula is C16H19N3O2. The Morgan fingerprint density at radius 3 is 2.76 bits per heavy atom. The molecular weight excluding hydrogens is 266 g/mol. The molecule has 21 heavy (non-hydrogen) atoms. The van der Waals surface area contributed by atoms with Crippen LogP contribution >= 0.6 is 0 Å². The molecule has 1 fully saturated rings. The molecule has 5 nitrogen and oxygen atoms in total. The Morgan fingerprint density at radius 2 is 2.00 bits per heavy atom. The third-order valence-corrected chi connectivity index (χ3v) is 3.95. The van der Waals surface area contributed by atoms with Gasteiger partial charge >= 0.3 is 0 Å². The zero-order valence-corrected chi connectivity index (χ0v) is 12.1. The molecule has 0 aliphatic carbocycles. The van der Waals surface area contributed by atoms with E-state index < -0.39 is 6.04 Å². The lowest BCUT2D eigenvalue weighted by Crippen LogP contribution is -2.45. The van der Waals surface area contributed by atoms with E-state index >= 15 is 0 Å². The van der Waals surface area contributed by atoms with Gasteiger partial charge in [0.2, 0.25) is 5.91 Å². The van der Waals surface area contributed by atoms with E-state index in [1.165, 1.54) is 0 Å². The van der Waals surface area contributed by atoms with Gasteiger partial charge in [-0.3, -0.25) is 9.59 Å². The fraction of sp³-hybridized carbons (Fsp3) is 0.375. The highest BCUT2D eigenvalue weighted by molar-refractivity contribution is 6.00. The van der Waals surface area contributed by atoms with Gasteiger partial charge in [-0.2, -0.15) is 0 Å². The smallest absolute Gasteiger partial charge is 0.251 e. The highest BCUT2D eigenvalue weighted by Gasteiger charge is 2.24. The number of amides is 2. The molecule has 0 saturated carbocycles. The molecule has 1 aromatic heterocycles. The van der Waals surface area contributed by atoms with Crippen molar-refractivity contribution in [2.45, 2.75) is 25.8 Å². The van der Waals surface area contributed by atoms with Crippen molar-refractivity contribution < 1.29 is 9.59 Å². The number of fused-ring (bicyclic) bond motifs is 1. The summed E-state index contributed by atoms with van der Waals surface area (Å²) >= 11 is 0. The van der Waals surface area contributed by atoms with Crippen LogP contribution in [0.4, 0.5) is 0 Å². The van der Waals surface area contributed by atoms with Gasteiger partial charge in [0.1, 0.15) is 6.04 Å². The van der Waals surface area contributed by atoms with Gasteiger partial charge in [-0.15, -0.1) is 0 Å². The summed E-state index contributed by atoms with van der Waals surface area (Å²) in [6.45, 7) is 3.34. The Balaban J connectivity index is 1.68. The van der Waals surface area contributed by atoms with Crippen molar-refractivity contribution in [1.29, 1.82) is 0 Å².